The average molecular weight is 419 g/mol. The van der Waals surface area contributed by atoms with Gasteiger partial charge in [0.15, 0.2) is 0 Å². The standard InChI is InChI=1S/C15H17Br2NO3/c16-13-7-11(8-14(17)15(13)19)9-18-4-2-5-20-10-12-3-1-6-21-12/h1,3,6-8,18-19H,2,4-5,9-10H2. The van der Waals surface area contributed by atoms with Crippen molar-refractivity contribution in [3.8, 4) is 5.75 Å². The van der Waals surface area contributed by atoms with Gasteiger partial charge < -0.3 is 19.6 Å². The van der Waals surface area contributed by atoms with Crippen LogP contribution in [0.1, 0.15) is 17.7 Å². The van der Waals surface area contributed by atoms with Gasteiger partial charge in [-0.3, -0.25) is 0 Å². The second-order valence-electron chi connectivity index (χ2n) is 4.57. The largest absolute Gasteiger partial charge is 0.506 e. The number of halogens is 2. The van der Waals surface area contributed by atoms with Crippen molar-refractivity contribution in [1.82, 2.24) is 5.32 Å². The SMILES string of the molecule is Oc1c(Br)cc(CNCCCOCc2ccco2)cc1Br. The lowest BCUT2D eigenvalue weighted by atomic mass is 10.2. The molecule has 0 aliphatic carbocycles. The molecule has 0 fully saturated rings. The molecular weight excluding hydrogens is 402 g/mol. The van der Waals surface area contributed by atoms with E-state index in [0.29, 0.717) is 22.2 Å². The fourth-order valence-electron chi connectivity index (χ4n) is 1.82. The van der Waals surface area contributed by atoms with Gasteiger partial charge in [-0.25, -0.2) is 0 Å². The van der Waals surface area contributed by atoms with Gasteiger partial charge in [0, 0.05) is 13.2 Å². The maximum absolute atomic E-state index is 9.64. The minimum absolute atomic E-state index is 0.227. The van der Waals surface area contributed by atoms with Crippen LogP contribution in [0.4, 0.5) is 0 Å². The summed E-state index contributed by atoms with van der Waals surface area (Å²) in [6.07, 6.45) is 2.58. The van der Waals surface area contributed by atoms with Gasteiger partial charge in [0.25, 0.3) is 0 Å². The monoisotopic (exact) mass is 417 g/mol. The Bertz CT molecular complexity index is 535. The molecule has 2 N–H and O–H groups in total. The lowest BCUT2D eigenvalue weighted by Gasteiger charge is -2.08. The molecule has 0 radical (unpaired) electrons. The van der Waals surface area contributed by atoms with Crippen LogP contribution in [0.2, 0.25) is 0 Å². The molecule has 0 amide bonds. The summed E-state index contributed by atoms with van der Waals surface area (Å²) < 4.78 is 12.1. The molecule has 21 heavy (non-hydrogen) atoms. The number of hydrogen-bond donors (Lipinski definition) is 2. The van der Waals surface area contributed by atoms with Crippen LogP contribution in [-0.2, 0) is 17.9 Å². The highest BCUT2D eigenvalue weighted by molar-refractivity contribution is 9.11. The third-order valence-electron chi connectivity index (χ3n) is 2.87. The highest BCUT2D eigenvalue weighted by Crippen LogP contribution is 2.33. The van der Waals surface area contributed by atoms with Crippen LogP contribution in [0.3, 0.4) is 0 Å². The summed E-state index contributed by atoms with van der Waals surface area (Å²) in [6.45, 7) is 2.82. The highest BCUT2D eigenvalue weighted by Gasteiger charge is 2.05. The molecule has 4 nitrogen and oxygen atoms in total. The van der Waals surface area contributed by atoms with Gasteiger partial charge in [-0.2, -0.15) is 0 Å². The van der Waals surface area contributed by atoms with E-state index in [4.69, 9.17) is 9.15 Å². The van der Waals surface area contributed by atoms with Crippen molar-refractivity contribution in [3.05, 3.63) is 50.8 Å². The number of benzene rings is 1. The fraction of sp³-hybridized carbons (Fsp3) is 0.333. The predicted octanol–water partition coefficient (Wildman–Crippen LogP) is 4.21. The van der Waals surface area contributed by atoms with Crippen molar-refractivity contribution in [2.24, 2.45) is 0 Å². The minimum atomic E-state index is 0.227. The van der Waals surface area contributed by atoms with E-state index in [2.05, 4.69) is 37.2 Å². The van der Waals surface area contributed by atoms with Crippen molar-refractivity contribution in [2.75, 3.05) is 13.2 Å². The Balaban J connectivity index is 1.59. The first-order chi connectivity index (χ1) is 10.2. The first kappa shape index (κ1) is 16.5. The molecule has 2 rings (SSSR count). The summed E-state index contributed by atoms with van der Waals surface area (Å²) in [6, 6.07) is 7.56. The molecule has 1 aromatic carbocycles. The Morgan fingerprint density at radius 3 is 2.67 bits per heavy atom. The Morgan fingerprint density at radius 1 is 1.24 bits per heavy atom. The van der Waals surface area contributed by atoms with Gasteiger partial charge in [-0.05, 0) is 74.7 Å². The zero-order valence-corrected chi connectivity index (χ0v) is 14.6. The lowest BCUT2D eigenvalue weighted by Crippen LogP contribution is -2.16. The molecule has 0 aliphatic rings. The Labute approximate surface area is 140 Å². The van der Waals surface area contributed by atoms with Gasteiger partial charge in [0.1, 0.15) is 18.1 Å². The van der Waals surface area contributed by atoms with Gasteiger partial charge >= 0.3 is 0 Å². The molecule has 0 spiro atoms. The van der Waals surface area contributed by atoms with E-state index in [1.54, 1.807) is 6.26 Å². The summed E-state index contributed by atoms with van der Waals surface area (Å²) in [4.78, 5) is 0. The number of furan rings is 1. The van der Waals surface area contributed by atoms with Gasteiger partial charge in [-0.1, -0.05) is 0 Å². The second-order valence-corrected chi connectivity index (χ2v) is 6.28. The Kier molecular flexibility index (Phi) is 6.76. The summed E-state index contributed by atoms with van der Waals surface area (Å²) in [5, 5.41) is 13.0. The molecule has 0 saturated heterocycles. The van der Waals surface area contributed by atoms with Crippen LogP contribution in [0, 0.1) is 0 Å². The highest BCUT2D eigenvalue weighted by atomic mass is 79.9. The molecular formula is C15H17Br2NO3. The van der Waals surface area contributed by atoms with E-state index in [-0.39, 0.29) is 5.75 Å². The molecule has 1 heterocycles. The van der Waals surface area contributed by atoms with Crippen LogP contribution in [-0.4, -0.2) is 18.3 Å². The number of ether oxygens (including phenoxy) is 1. The number of aromatic hydroxyl groups is 1. The third-order valence-corrected chi connectivity index (χ3v) is 4.08. The fourth-order valence-corrected chi connectivity index (χ4v) is 3.10. The third kappa shape index (κ3) is 5.47. The molecule has 0 unspecified atom stereocenters. The number of phenolic OH excluding ortho intramolecular Hbond substituents is 1. The quantitative estimate of drug-likeness (QED) is 0.630. The van der Waals surface area contributed by atoms with Gasteiger partial charge in [-0.15, -0.1) is 0 Å². The number of phenols is 1. The zero-order chi connectivity index (χ0) is 15.1. The molecule has 0 bridgehead atoms. The zero-order valence-electron chi connectivity index (χ0n) is 11.4. The van der Waals surface area contributed by atoms with Gasteiger partial charge in [0.05, 0.1) is 15.2 Å². The van der Waals surface area contributed by atoms with Crippen molar-refractivity contribution < 1.29 is 14.3 Å². The first-order valence-corrected chi connectivity index (χ1v) is 8.23. The van der Waals surface area contributed by atoms with Crippen LogP contribution in [0.15, 0.2) is 43.9 Å². The molecule has 114 valence electrons. The molecule has 1 aromatic heterocycles. The van der Waals surface area contributed by atoms with E-state index < -0.39 is 0 Å². The summed E-state index contributed by atoms with van der Waals surface area (Å²) >= 11 is 6.64. The van der Waals surface area contributed by atoms with E-state index in [0.717, 1.165) is 30.8 Å². The van der Waals surface area contributed by atoms with Crippen LogP contribution < -0.4 is 5.32 Å². The topological polar surface area (TPSA) is 54.6 Å². The van der Waals surface area contributed by atoms with Crippen LogP contribution >= 0.6 is 31.9 Å². The van der Waals surface area contributed by atoms with Gasteiger partial charge in [0.2, 0.25) is 0 Å². The normalized spacial score (nSPS) is 11.0. The van der Waals surface area contributed by atoms with Crippen molar-refractivity contribution >= 4 is 31.9 Å². The molecule has 0 atom stereocenters. The van der Waals surface area contributed by atoms with E-state index in [1.807, 2.05) is 24.3 Å². The molecule has 6 heteroatoms. The van der Waals surface area contributed by atoms with E-state index in [1.165, 1.54) is 0 Å². The second kappa shape index (κ2) is 8.58. The van der Waals surface area contributed by atoms with E-state index >= 15 is 0 Å². The first-order valence-electron chi connectivity index (χ1n) is 6.64. The van der Waals surface area contributed by atoms with Crippen LogP contribution in [0.5, 0.6) is 5.75 Å². The maximum Gasteiger partial charge on any atom is 0.143 e. The van der Waals surface area contributed by atoms with E-state index in [9.17, 15) is 5.11 Å². The summed E-state index contributed by atoms with van der Waals surface area (Å²) in [5.41, 5.74) is 1.10. The Hall–Kier alpha value is -0.820. The maximum atomic E-state index is 9.64. The number of rotatable bonds is 8. The average Bonchev–Trinajstić information content (AvgIpc) is 2.97. The number of nitrogens with one attached hydrogen (secondary N) is 1. The Morgan fingerprint density at radius 2 is 2.00 bits per heavy atom. The lowest BCUT2D eigenvalue weighted by molar-refractivity contribution is 0.104. The molecule has 2 aromatic rings. The molecule has 0 saturated carbocycles. The minimum Gasteiger partial charge on any atom is -0.506 e. The number of hydrogen-bond acceptors (Lipinski definition) is 4. The molecule has 0 aliphatic heterocycles. The van der Waals surface area contributed by atoms with Crippen molar-refractivity contribution in [1.29, 1.82) is 0 Å². The van der Waals surface area contributed by atoms with Crippen molar-refractivity contribution in [2.45, 2.75) is 19.6 Å². The van der Waals surface area contributed by atoms with Crippen molar-refractivity contribution in [3.63, 3.8) is 0 Å². The predicted molar refractivity (Wildman–Crippen MR) is 88.2 cm³/mol. The summed E-state index contributed by atoms with van der Waals surface area (Å²) in [7, 11) is 0. The summed E-state index contributed by atoms with van der Waals surface area (Å²) in [5.74, 6) is 1.08. The van der Waals surface area contributed by atoms with Crippen LogP contribution in [0.25, 0.3) is 0 Å². The smallest absolute Gasteiger partial charge is 0.143 e.